The van der Waals surface area contributed by atoms with E-state index in [2.05, 4.69) is 10.3 Å². The van der Waals surface area contributed by atoms with Gasteiger partial charge in [-0.05, 0) is 37.3 Å². The minimum absolute atomic E-state index is 0.182. The number of sulfonamides is 1. The highest BCUT2D eigenvalue weighted by Gasteiger charge is 2.26. The minimum atomic E-state index is -3.55. The van der Waals surface area contributed by atoms with Gasteiger partial charge in [0.05, 0.1) is 12.0 Å². The second-order valence-corrected chi connectivity index (χ2v) is 7.89. The summed E-state index contributed by atoms with van der Waals surface area (Å²) >= 11 is 1.25. The van der Waals surface area contributed by atoms with Crippen LogP contribution in [-0.2, 0) is 10.0 Å². The first-order valence-corrected chi connectivity index (χ1v) is 10.2. The van der Waals surface area contributed by atoms with Crippen molar-refractivity contribution in [3.63, 3.8) is 0 Å². The van der Waals surface area contributed by atoms with Gasteiger partial charge >= 0.3 is 0 Å². The number of rotatable bonds is 4. The Hall–Kier alpha value is -1.76. The van der Waals surface area contributed by atoms with Crippen molar-refractivity contribution in [3.05, 3.63) is 18.2 Å². The van der Waals surface area contributed by atoms with E-state index < -0.39 is 10.0 Å². The van der Waals surface area contributed by atoms with Gasteiger partial charge in [0, 0.05) is 13.1 Å². The molecule has 0 spiro atoms. The fourth-order valence-electron chi connectivity index (χ4n) is 2.45. The van der Waals surface area contributed by atoms with Crippen molar-refractivity contribution in [2.24, 2.45) is 4.99 Å². The number of benzene rings is 1. The molecule has 24 heavy (non-hydrogen) atoms. The minimum Gasteiger partial charge on any atom is -0.494 e. The monoisotopic (exact) mass is 368 g/mol. The highest BCUT2D eigenvalue weighted by molar-refractivity contribution is 8.13. The van der Waals surface area contributed by atoms with Crippen LogP contribution >= 0.6 is 11.8 Å². The van der Waals surface area contributed by atoms with Crippen LogP contribution in [-0.4, -0.2) is 44.3 Å². The Kier molecular flexibility index (Phi) is 6.48. The van der Waals surface area contributed by atoms with Crippen LogP contribution in [0.4, 0.5) is 5.69 Å². The van der Waals surface area contributed by atoms with Gasteiger partial charge in [0.1, 0.15) is 11.4 Å². The third-order valence-electron chi connectivity index (χ3n) is 3.68. The maximum atomic E-state index is 12.8. The zero-order valence-corrected chi connectivity index (χ0v) is 15.3. The molecule has 130 valence electrons. The van der Waals surface area contributed by atoms with Crippen molar-refractivity contribution in [2.45, 2.75) is 24.2 Å². The normalized spacial score (nSPS) is 16.5. The second kappa shape index (κ2) is 8.37. The molecule has 1 heterocycles. The topological polar surface area (TPSA) is 94.8 Å². The summed E-state index contributed by atoms with van der Waals surface area (Å²) in [5.74, 6) is 0.443. The average molecular weight is 368 g/mol. The molecule has 0 aliphatic carbocycles. The quantitative estimate of drug-likeness (QED) is 0.379. The van der Waals surface area contributed by atoms with Crippen molar-refractivity contribution < 1.29 is 13.2 Å². The lowest BCUT2D eigenvalue weighted by atomic mass is 10.2. The van der Waals surface area contributed by atoms with Gasteiger partial charge in [-0.3, -0.25) is 5.32 Å². The lowest BCUT2D eigenvalue weighted by Gasteiger charge is -2.26. The standard InChI is InChI=1S/C15H20N4O3S2/c1-22-14-7-6-12(10-13(14)18-15(23-2)17-11-16)24(20,21)19-8-4-3-5-9-19/h6-7,10H,3-5,8-9H2,1-2H3,(H,17,18). The molecule has 0 saturated carbocycles. The first-order chi connectivity index (χ1) is 11.5. The Morgan fingerprint density at radius 1 is 1.38 bits per heavy atom. The van der Waals surface area contributed by atoms with Gasteiger partial charge in [-0.15, -0.1) is 0 Å². The highest BCUT2D eigenvalue weighted by atomic mass is 32.2. The molecule has 1 N–H and O–H groups in total. The molecule has 7 nitrogen and oxygen atoms in total. The van der Waals surface area contributed by atoms with Gasteiger partial charge in [-0.2, -0.15) is 9.57 Å². The summed E-state index contributed by atoms with van der Waals surface area (Å²) in [4.78, 5) is 4.48. The van der Waals surface area contributed by atoms with Gasteiger partial charge in [0.25, 0.3) is 0 Å². The number of nitriles is 1. The molecule has 1 aromatic rings. The van der Waals surface area contributed by atoms with Crippen molar-refractivity contribution in [3.8, 4) is 11.9 Å². The summed E-state index contributed by atoms with van der Waals surface area (Å²) in [5, 5.41) is 11.6. The summed E-state index contributed by atoms with van der Waals surface area (Å²) in [6.07, 6.45) is 6.38. The van der Waals surface area contributed by atoms with Crippen LogP contribution in [0.1, 0.15) is 19.3 Å². The van der Waals surface area contributed by atoms with Crippen LogP contribution in [0.25, 0.3) is 0 Å². The first-order valence-electron chi connectivity index (χ1n) is 7.49. The van der Waals surface area contributed by atoms with E-state index in [1.54, 1.807) is 18.5 Å². The van der Waals surface area contributed by atoms with Crippen LogP contribution in [0.15, 0.2) is 28.1 Å². The summed E-state index contributed by atoms with van der Waals surface area (Å²) in [7, 11) is -2.06. The SMILES string of the molecule is COc1ccc(S(=O)(=O)N2CCCCC2)cc1N=C(NC#N)SC. The van der Waals surface area contributed by atoms with E-state index in [9.17, 15) is 8.42 Å². The van der Waals surface area contributed by atoms with Gasteiger partial charge in [0.2, 0.25) is 10.0 Å². The third-order valence-corrected chi connectivity index (χ3v) is 6.16. The highest BCUT2D eigenvalue weighted by Crippen LogP contribution is 2.32. The number of amidine groups is 1. The number of nitrogens with one attached hydrogen (secondary N) is 1. The lowest BCUT2D eigenvalue weighted by Crippen LogP contribution is -2.35. The maximum Gasteiger partial charge on any atom is 0.243 e. The number of hydrogen-bond donors (Lipinski definition) is 1. The predicted molar refractivity (Wildman–Crippen MR) is 95.0 cm³/mol. The number of nitrogens with zero attached hydrogens (tertiary/aromatic N) is 3. The van der Waals surface area contributed by atoms with Crippen LogP contribution in [0, 0.1) is 11.5 Å². The molecule has 2 rings (SSSR count). The summed E-state index contributed by atoms with van der Waals surface area (Å²) in [5.41, 5.74) is 0.364. The van der Waals surface area contributed by atoms with Crippen LogP contribution in [0.3, 0.4) is 0 Å². The Labute approximate surface area is 146 Å². The van der Waals surface area contributed by atoms with E-state index in [1.807, 2.05) is 0 Å². The van der Waals surface area contributed by atoms with Gasteiger partial charge < -0.3 is 4.74 Å². The number of ether oxygens (including phenoxy) is 1. The molecule has 0 unspecified atom stereocenters. The molecule has 9 heteroatoms. The number of aliphatic imine (C=N–C) groups is 1. The zero-order chi connectivity index (χ0) is 17.6. The molecule has 1 aliphatic heterocycles. The zero-order valence-electron chi connectivity index (χ0n) is 13.7. The van der Waals surface area contributed by atoms with Crippen molar-refractivity contribution in [1.29, 1.82) is 5.26 Å². The lowest BCUT2D eigenvalue weighted by molar-refractivity contribution is 0.346. The molecular weight excluding hydrogens is 348 g/mol. The maximum absolute atomic E-state index is 12.8. The molecule has 1 aliphatic rings. The smallest absolute Gasteiger partial charge is 0.243 e. The fourth-order valence-corrected chi connectivity index (χ4v) is 4.33. The predicted octanol–water partition coefficient (Wildman–Crippen LogP) is 2.29. The second-order valence-electron chi connectivity index (χ2n) is 5.16. The van der Waals surface area contributed by atoms with E-state index >= 15 is 0 Å². The fraction of sp³-hybridized carbons (Fsp3) is 0.467. The van der Waals surface area contributed by atoms with Gasteiger partial charge in [-0.25, -0.2) is 13.4 Å². The van der Waals surface area contributed by atoms with Crippen LogP contribution in [0.2, 0.25) is 0 Å². The Morgan fingerprint density at radius 2 is 2.08 bits per heavy atom. The Bertz CT molecular complexity index is 750. The largest absolute Gasteiger partial charge is 0.494 e. The number of thioether (sulfide) groups is 1. The van der Waals surface area contributed by atoms with E-state index in [0.29, 0.717) is 29.7 Å². The summed E-state index contributed by atoms with van der Waals surface area (Å²) in [6, 6.07) is 4.59. The van der Waals surface area contributed by atoms with Crippen molar-refractivity contribution in [2.75, 3.05) is 26.5 Å². The molecular formula is C15H20N4O3S2. The molecule has 1 aromatic carbocycles. The van der Waals surface area contributed by atoms with Crippen LogP contribution in [0.5, 0.6) is 5.75 Å². The average Bonchev–Trinajstić information content (AvgIpc) is 2.62. The van der Waals surface area contributed by atoms with E-state index in [-0.39, 0.29) is 4.90 Å². The summed E-state index contributed by atoms with van der Waals surface area (Å²) < 4.78 is 32.3. The van der Waals surface area contributed by atoms with Crippen molar-refractivity contribution in [1.82, 2.24) is 9.62 Å². The van der Waals surface area contributed by atoms with E-state index in [0.717, 1.165) is 19.3 Å². The number of methoxy groups -OCH3 is 1. The molecule has 0 bridgehead atoms. The molecule has 1 fully saturated rings. The third kappa shape index (κ3) is 4.20. The summed E-state index contributed by atoms with van der Waals surface area (Å²) in [6.45, 7) is 1.08. The Balaban J connectivity index is 2.42. The number of piperidine rings is 1. The first kappa shape index (κ1) is 18.6. The molecule has 0 atom stereocenters. The van der Waals surface area contributed by atoms with Crippen LogP contribution < -0.4 is 10.1 Å². The van der Waals surface area contributed by atoms with E-state index in [4.69, 9.17) is 10.00 Å². The van der Waals surface area contributed by atoms with E-state index in [1.165, 1.54) is 35.3 Å². The Morgan fingerprint density at radius 3 is 2.67 bits per heavy atom. The molecule has 1 saturated heterocycles. The number of hydrogen-bond acceptors (Lipinski definition) is 6. The van der Waals surface area contributed by atoms with Gasteiger partial charge in [0.15, 0.2) is 11.4 Å². The molecule has 0 radical (unpaired) electrons. The van der Waals surface area contributed by atoms with Crippen molar-refractivity contribution >= 4 is 32.6 Å². The molecule has 0 amide bonds. The van der Waals surface area contributed by atoms with Gasteiger partial charge in [-0.1, -0.05) is 18.2 Å². The molecule has 0 aromatic heterocycles.